The molecule has 0 saturated carbocycles. The van der Waals surface area contributed by atoms with Crippen LogP contribution in [0.5, 0.6) is 0 Å². The Morgan fingerprint density at radius 3 is 2.40 bits per heavy atom. The number of nitrogens with one attached hydrogen (secondary N) is 3. The van der Waals surface area contributed by atoms with Crippen molar-refractivity contribution < 1.29 is 4.79 Å². The monoisotopic (exact) mass is 397 g/mol. The third-order valence-electron chi connectivity index (χ3n) is 5.15. The van der Waals surface area contributed by atoms with Crippen LogP contribution in [0, 0.1) is 0 Å². The summed E-state index contributed by atoms with van der Waals surface area (Å²) < 4.78 is 0. The minimum atomic E-state index is -0.280. The van der Waals surface area contributed by atoms with Gasteiger partial charge in [-0.1, -0.05) is 48.5 Å². The number of anilines is 2. The van der Waals surface area contributed by atoms with E-state index in [1.54, 1.807) is 18.2 Å². The van der Waals surface area contributed by atoms with Gasteiger partial charge in [-0.2, -0.15) is 5.10 Å². The second-order valence-electron chi connectivity index (χ2n) is 7.15. The lowest BCUT2D eigenvalue weighted by Crippen LogP contribution is -2.21. The Kier molecular flexibility index (Phi) is 4.40. The predicted molar refractivity (Wildman–Crippen MR) is 118 cm³/mol. The molecule has 3 N–H and O–H groups in total. The van der Waals surface area contributed by atoms with Crippen molar-refractivity contribution in [3.8, 4) is 0 Å². The fourth-order valence-corrected chi connectivity index (χ4v) is 3.71. The summed E-state index contributed by atoms with van der Waals surface area (Å²) >= 11 is 0. The zero-order valence-electron chi connectivity index (χ0n) is 16.0. The standard InChI is InChI=1S/C23H19N5O2/c29-22(24-16-11-12-18-19(13-16)26-23(30)25-18)20-14-21(15-7-3-1-4-8-15)28(27-20)17-9-5-2-6-10-17/h1-13,21H,14H2,(H,24,29)(H2,25,26,30)/t21-/m0/s1. The number of carbonyl (C=O) groups excluding carboxylic acids is 1. The van der Waals surface area contributed by atoms with E-state index in [2.05, 4.69) is 20.4 Å². The first-order valence-electron chi connectivity index (χ1n) is 9.67. The molecule has 0 fully saturated rings. The number of carbonyl (C=O) groups is 1. The molecule has 1 atom stereocenters. The number of hydrogen-bond donors (Lipinski definition) is 3. The van der Waals surface area contributed by atoms with E-state index in [-0.39, 0.29) is 17.6 Å². The summed E-state index contributed by atoms with van der Waals surface area (Å²) in [5.41, 5.74) is 4.13. The number of hydrazone groups is 1. The maximum absolute atomic E-state index is 13.0. The molecule has 1 aliphatic heterocycles. The molecule has 148 valence electrons. The minimum absolute atomic E-state index is 0.0575. The molecule has 0 bridgehead atoms. The first-order valence-corrected chi connectivity index (χ1v) is 9.67. The molecule has 0 saturated heterocycles. The average molecular weight is 397 g/mol. The zero-order valence-corrected chi connectivity index (χ0v) is 16.0. The summed E-state index contributed by atoms with van der Waals surface area (Å²) in [4.78, 5) is 29.8. The van der Waals surface area contributed by atoms with Gasteiger partial charge in [0.25, 0.3) is 5.91 Å². The largest absolute Gasteiger partial charge is 0.323 e. The van der Waals surface area contributed by atoms with Gasteiger partial charge >= 0.3 is 5.69 Å². The van der Waals surface area contributed by atoms with Crippen LogP contribution in [-0.2, 0) is 4.79 Å². The number of rotatable bonds is 4. The maximum atomic E-state index is 13.0. The number of H-pyrrole nitrogens is 2. The van der Waals surface area contributed by atoms with Gasteiger partial charge in [0.15, 0.2) is 0 Å². The normalized spacial score (nSPS) is 15.9. The molecule has 5 rings (SSSR count). The van der Waals surface area contributed by atoms with Crippen molar-refractivity contribution in [2.45, 2.75) is 12.5 Å². The van der Waals surface area contributed by atoms with Crippen LogP contribution < -0.4 is 16.0 Å². The smallest absolute Gasteiger partial charge is 0.321 e. The van der Waals surface area contributed by atoms with E-state index in [1.807, 2.05) is 65.7 Å². The Bertz CT molecular complexity index is 1290. The summed E-state index contributed by atoms with van der Waals surface area (Å²) in [6.45, 7) is 0. The second-order valence-corrected chi connectivity index (χ2v) is 7.15. The van der Waals surface area contributed by atoms with E-state index in [0.717, 1.165) is 11.3 Å². The Labute approximate surface area is 172 Å². The first-order chi connectivity index (χ1) is 14.7. The number of aromatic amines is 2. The van der Waals surface area contributed by atoms with Gasteiger partial charge in [0.2, 0.25) is 0 Å². The Morgan fingerprint density at radius 2 is 1.63 bits per heavy atom. The highest BCUT2D eigenvalue weighted by Crippen LogP contribution is 2.35. The molecule has 1 aliphatic rings. The minimum Gasteiger partial charge on any atom is -0.321 e. The third-order valence-corrected chi connectivity index (χ3v) is 5.15. The fourth-order valence-electron chi connectivity index (χ4n) is 3.71. The van der Waals surface area contributed by atoms with Gasteiger partial charge in [-0.25, -0.2) is 4.79 Å². The van der Waals surface area contributed by atoms with Crippen molar-refractivity contribution in [1.29, 1.82) is 0 Å². The van der Waals surface area contributed by atoms with Gasteiger partial charge < -0.3 is 15.3 Å². The summed E-state index contributed by atoms with van der Waals surface area (Å²) in [6.07, 6.45) is 0.494. The van der Waals surface area contributed by atoms with Crippen molar-refractivity contribution in [3.63, 3.8) is 0 Å². The summed E-state index contributed by atoms with van der Waals surface area (Å²) in [5, 5.41) is 9.45. The predicted octanol–water partition coefficient (Wildman–Crippen LogP) is 3.80. The molecule has 3 aromatic carbocycles. The highest BCUT2D eigenvalue weighted by Gasteiger charge is 2.32. The quantitative estimate of drug-likeness (QED) is 0.489. The number of para-hydroxylation sites is 1. The number of aromatic nitrogens is 2. The van der Waals surface area contributed by atoms with Crippen LogP contribution >= 0.6 is 0 Å². The maximum Gasteiger partial charge on any atom is 0.323 e. The van der Waals surface area contributed by atoms with Gasteiger partial charge in [0.05, 0.1) is 22.8 Å². The zero-order chi connectivity index (χ0) is 20.5. The first kappa shape index (κ1) is 17.9. The van der Waals surface area contributed by atoms with E-state index >= 15 is 0 Å². The lowest BCUT2D eigenvalue weighted by Gasteiger charge is -2.23. The molecule has 0 spiro atoms. The molecule has 2 heterocycles. The van der Waals surface area contributed by atoms with Crippen LogP contribution in [0.1, 0.15) is 18.0 Å². The van der Waals surface area contributed by atoms with Gasteiger partial charge in [-0.3, -0.25) is 9.80 Å². The van der Waals surface area contributed by atoms with E-state index in [4.69, 9.17) is 0 Å². The molecule has 0 radical (unpaired) electrons. The molecular formula is C23H19N5O2. The lowest BCUT2D eigenvalue weighted by atomic mass is 10.0. The van der Waals surface area contributed by atoms with Crippen molar-refractivity contribution in [1.82, 2.24) is 9.97 Å². The average Bonchev–Trinajstić information content (AvgIpc) is 3.38. The molecular weight excluding hydrogens is 378 g/mol. The van der Waals surface area contributed by atoms with E-state index in [1.165, 1.54) is 0 Å². The summed E-state index contributed by atoms with van der Waals surface area (Å²) in [6, 6.07) is 25.1. The van der Waals surface area contributed by atoms with Gasteiger partial charge in [-0.05, 0) is 35.9 Å². The number of benzene rings is 3. The van der Waals surface area contributed by atoms with E-state index in [9.17, 15) is 9.59 Å². The van der Waals surface area contributed by atoms with Gasteiger partial charge in [0, 0.05) is 12.1 Å². The molecule has 1 aromatic heterocycles. The van der Waals surface area contributed by atoms with Crippen LogP contribution in [-0.4, -0.2) is 21.6 Å². The molecule has 7 heteroatoms. The van der Waals surface area contributed by atoms with Crippen LogP contribution in [0.25, 0.3) is 11.0 Å². The Hall–Kier alpha value is -4.13. The van der Waals surface area contributed by atoms with Crippen LogP contribution in [0.2, 0.25) is 0 Å². The molecule has 0 unspecified atom stereocenters. The summed E-state index contributed by atoms with van der Waals surface area (Å²) in [5.74, 6) is -0.258. The molecule has 1 amide bonds. The fraction of sp³-hybridized carbons (Fsp3) is 0.0870. The van der Waals surface area contributed by atoms with E-state index < -0.39 is 0 Å². The van der Waals surface area contributed by atoms with Crippen molar-refractivity contribution in [2.24, 2.45) is 5.10 Å². The molecule has 30 heavy (non-hydrogen) atoms. The molecule has 0 aliphatic carbocycles. The van der Waals surface area contributed by atoms with Crippen molar-refractivity contribution >= 4 is 34.0 Å². The van der Waals surface area contributed by atoms with Gasteiger partial charge in [0.1, 0.15) is 5.71 Å². The number of fused-ring (bicyclic) bond motifs is 1. The topological polar surface area (TPSA) is 93.3 Å². The van der Waals surface area contributed by atoms with E-state index in [0.29, 0.717) is 28.9 Å². The molecule has 4 aromatic rings. The summed E-state index contributed by atoms with van der Waals surface area (Å²) in [7, 11) is 0. The van der Waals surface area contributed by atoms with Crippen molar-refractivity contribution in [2.75, 3.05) is 10.3 Å². The number of amides is 1. The Morgan fingerprint density at radius 1 is 0.933 bits per heavy atom. The van der Waals surface area contributed by atoms with Crippen LogP contribution in [0.4, 0.5) is 11.4 Å². The number of hydrogen-bond acceptors (Lipinski definition) is 4. The Balaban J connectivity index is 1.43. The lowest BCUT2D eigenvalue weighted by molar-refractivity contribution is -0.110. The third kappa shape index (κ3) is 3.37. The highest BCUT2D eigenvalue weighted by atomic mass is 16.2. The number of imidazole rings is 1. The molecule has 7 nitrogen and oxygen atoms in total. The van der Waals surface area contributed by atoms with Crippen LogP contribution in [0.15, 0.2) is 88.8 Å². The van der Waals surface area contributed by atoms with Crippen LogP contribution in [0.3, 0.4) is 0 Å². The SMILES string of the molecule is O=C(Nc1ccc2[nH]c(=O)[nH]c2c1)C1=NN(c2ccccc2)[C@H](c2ccccc2)C1. The van der Waals surface area contributed by atoms with Gasteiger partial charge in [-0.15, -0.1) is 0 Å². The number of nitrogens with zero attached hydrogens (tertiary/aromatic N) is 2. The second kappa shape index (κ2) is 7.36. The highest BCUT2D eigenvalue weighted by molar-refractivity contribution is 6.43. The van der Waals surface area contributed by atoms with Crippen molar-refractivity contribution in [3.05, 3.63) is 94.9 Å².